The third-order valence-electron chi connectivity index (χ3n) is 12.2. The fraction of sp³-hybridized carbons (Fsp3) is 0.520. The molecule has 0 aliphatic heterocycles. The number of aryl methyl sites for hydroxylation is 6. The first kappa shape index (κ1) is 41.2. The van der Waals surface area contributed by atoms with Gasteiger partial charge in [0.05, 0.1) is 25.3 Å². The standard InChI is InChI=1S/C50H66O4/c1-11-19-23-35-41-27-39-33(17-7)31(15-5)32(16-6)34(18-8)40(39)28-42(41)36(24-20-12-2)44-30-46-38(26-22-14-4)48(50(52)54-10)47(49(51)53-9)37(25-21-13-3)45(46)29-43(35)44/h27-30H,11-26H2,1-10H3. The highest BCUT2D eigenvalue weighted by molar-refractivity contribution is 6.18. The maximum absolute atomic E-state index is 13.8. The Morgan fingerprint density at radius 3 is 0.852 bits per heavy atom. The van der Waals surface area contributed by atoms with Gasteiger partial charge in [-0.2, -0.15) is 0 Å². The number of unbranched alkanes of at least 4 members (excludes halogenated alkanes) is 4. The molecule has 0 bridgehead atoms. The van der Waals surface area contributed by atoms with E-state index in [1.807, 2.05) is 0 Å². The molecule has 0 heterocycles. The summed E-state index contributed by atoms with van der Waals surface area (Å²) < 4.78 is 10.9. The smallest absolute Gasteiger partial charge is 0.339 e. The fourth-order valence-corrected chi connectivity index (χ4v) is 9.54. The molecule has 0 fully saturated rings. The molecule has 4 heteroatoms. The predicted molar refractivity (Wildman–Crippen MR) is 231 cm³/mol. The molecule has 5 aromatic rings. The van der Waals surface area contributed by atoms with Gasteiger partial charge in [-0.05, 0) is 189 Å². The molecular weight excluding hydrogens is 665 g/mol. The van der Waals surface area contributed by atoms with Crippen molar-refractivity contribution >= 4 is 55.0 Å². The van der Waals surface area contributed by atoms with Crippen LogP contribution in [0.1, 0.15) is 172 Å². The third kappa shape index (κ3) is 7.39. The second kappa shape index (κ2) is 18.6. The number of rotatable bonds is 18. The van der Waals surface area contributed by atoms with Crippen LogP contribution >= 0.6 is 0 Å². The Morgan fingerprint density at radius 1 is 0.370 bits per heavy atom. The lowest BCUT2D eigenvalue weighted by Gasteiger charge is -2.25. The molecular formula is C50H66O4. The summed E-state index contributed by atoms with van der Waals surface area (Å²) in [4.78, 5) is 27.7. The first-order valence-electron chi connectivity index (χ1n) is 21.4. The van der Waals surface area contributed by atoms with Gasteiger partial charge in [0.1, 0.15) is 0 Å². The summed E-state index contributed by atoms with van der Waals surface area (Å²) in [6.07, 6.45) is 15.7. The largest absolute Gasteiger partial charge is 0.465 e. The molecule has 0 spiro atoms. The van der Waals surface area contributed by atoms with E-state index in [2.05, 4.69) is 79.7 Å². The van der Waals surface area contributed by atoms with Crippen LogP contribution in [-0.4, -0.2) is 26.2 Å². The number of carbonyl (C=O) groups is 2. The van der Waals surface area contributed by atoms with Crippen LogP contribution in [-0.2, 0) is 60.8 Å². The van der Waals surface area contributed by atoms with Gasteiger partial charge in [0.25, 0.3) is 0 Å². The minimum atomic E-state index is -0.460. The highest BCUT2D eigenvalue weighted by Gasteiger charge is 2.30. The average Bonchev–Trinajstić information content (AvgIpc) is 3.20. The van der Waals surface area contributed by atoms with Crippen LogP contribution in [0.4, 0.5) is 0 Å². The molecule has 0 saturated carbocycles. The highest BCUT2D eigenvalue weighted by Crippen LogP contribution is 2.44. The van der Waals surface area contributed by atoms with Crippen LogP contribution in [0, 0.1) is 0 Å². The Balaban J connectivity index is 2.14. The summed E-state index contributed by atoms with van der Waals surface area (Å²) in [6.45, 7) is 18.2. The van der Waals surface area contributed by atoms with Crippen molar-refractivity contribution in [3.8, 4) is 0 Å². The number of methoxy groups -OCH3 is 2. The van der Waals surface area contributed by atoms with Crippen molar-refractivity contribution in [1.82, 2.24) is 0 Å². The Bertz CT molecular complexity index is 2020. The summed E-state index contributed by atoms with van der Waals surface area (Å²) in [5.74, 6) is -0.920. The molecule has 5 aromatic carbocycles. The van der Waals surface area contributed by atoms with Gasteiger partial charge >= 0.3 is 11.9 Å². The van der Waals surface area contributed by atoms with Crippen molar-refractivity contribution < 1.29 is 19.1 Å². The van der Waals surface area contributed by atoms with E-state index in [4.69, 9.17) is 9.47 Å². The molecule has 0 aliphatic rings. The SMILES string of the molecule is CCCCc1c(C(=O)OC)c(C(=O)OC)c(CCCC)c2cc3c(CCCC)c4cc5c(CC)c(CC)c(CC)c(CC)c5cc4c(CCCC)c3cc12. The molecule has 0 saturated heterocycles. The Morgan fingerprint density at radius 2 is 0.611 bits per heavy atom. The molecule has 0 unspecified atom stereocenters. The van der Waals surface area contributed by atoms with Crippen molar-refractivity contribution in [3.05, 3.63) is 79.9 Å². The van der Waals surface area contributed by atoms with Crippen molar-refractivity contribution in [3.63, 3.8) is 0 Å². The van der Waals surface area contributed by atoms with E-state index in [-0.39, 0.29) is 0 Å². The molecule has 0 radical (unpaired) electrons. The Labute approximate surface area is 325 Å². The molecule has 5 rings (SSSR count). The van der Waals surface area contributed by atoms with E-state index < -0.39 is 11.9 Å². The number of hydrogen-bond donors (Lipinski definition) is 0. The molecule has 0 atom stereocenters. The van der Waals surface area contributed by atoms with Gasteiger partial charge in [-0.1, -0.05) is 81.1 Å². The molecule has 0 N–H and O–H groups in total. The lowest BCUT2D eigenvalue weighted by molar-refractivity contribution is 0.0553. The Hall–Kier alpha value is -3.92. The lowest BCUT2D eigenvalue weighted by Crippen LogP contribution is -2.18. The average molecular weight is 731 g/mol. The highest BCUT2D eigenvalue weighted by atomic mass is 16.5. The first-order valence-corrected chi connectivity index (χ1v) is 21.4. The van der Waals surface area contributed by atoms with E-state index in [9.17, 15) is 9.59 Å². The molecule has 54 heavy (non-hydrogen) atoms. The van der Waals surface area contributed by atoms with Gasteiger partial charge in [-0.25, -0.2) is 9.59 Å². The van der Waals surface area contributed by atoms with Crippen molar-refractivity contribution in [2.24, 2.45) is 0 Å². The number of benzene rings is 5. The van der Waals surface area contributed by atoms with Gasteiger partial charge < -0.3 is 9.47 Å². The summed E-state index contributed by atoms with van der Waals surface area (Å²) in [7, 11) is 2.84. The van der Waals surface area contributed by atoms with Crippen LogP contribution in [0.3, 0.4) is 0 Å². The van der Waals surface area contributed by atoms with Gasteiger partial charge in [0.2, 0.25) is 0 Å². The zero-order valence-electron chi connectivity index (χ0n) is 35.3. The first-order chi connectivity index (χ1) is 26.2. The molecule has 4 nitrogen and oxygen atoms in total. The number of fused-ring (bicyclic) bond motifs is 4. The van der Waals surface area contributed by atoms with Crippen LogP contribution in [0.15, 0.2) is 24.3 Å². The molecule has 0 aliphatic carbocycles. The predicted octanol–water partition coefficient (Wildman–Crippen LogP) is 13.5. The Kier molecular flexibility index (Phi) is 14.2. The normalized spacial score (nSPS) is 11.7. The van der Waals surface area contributed by atoms with E-state index in [1.54, 1.807) is 11.1 Å². The van der Waals surface area contributed by atoms with E-state index in [0.717, 1.165) is 112 Å². The maximum atomic E-state index is 13.8. The van der Waals surface area contributed by atoms with Crippen molar-refractivity contribution in [2.75, 3.05) is 14.2 Å². The number of hydrogen-bond acceptors (Lipinski definition) is 4. The van der Waals surface area contributed by atoms with Crippen LogP contribution in [0.25, 0.3) is 43.1 Å². The van der Waals surface area contributed by atoms with Gasteiger partial charge in [0, 0.05) is 0 Å². The van der Waals surface area contributed by atoms with Gasteiger partial charge in [-0.15, -0.1) is 0 Å². The third-order valence-corrected chi connectivity index (χ3v) is 12.2. The minimum Gasteiger partial charge on any atom is -0.465 e. The summed E-state index contributed by atoms with van der Waals surface area (Å²) in [6, 6.07) is 9.99. The van der Waals surface area contributed by atoms with E-state index in [0.29, 0.717) is 24.0 Å². The number of ether oxygens (including phenoxy) is 2. The monoisotopic (exact) mass is 730 g/mol. The van der Waals surface area contributed by atoms with Crippen LogP contribution in [0.5, 0.6) is 0 Å². The minimum absolute atomic E-state index is 0.391. The van der Waals surface area contributed by atoms with Crippen molar-refractivity contribution in [1.29, 1.82) is 0 Å². The summed E-state index contributed by atoms with van der Waals surface area (Å²) in [5.41, 5.74) is 11.6. The molecule has 0 aromatic heterocycles. The number of carbonyl (C=O) groups excluding carboxylic acids is 2. The summed E-state index contributed by atoms with van der Waals surface area (Å²) >= 11 is 0. The lowest BCUT2D eigenvalue weighted by atomic mass is 9.79. The molecule has 290 valence electrons. The van der Waals surface area contributed by atoms with Crippen LogP contribution in [0.2, 0.25) is 0 Å². The quantitative estimate of drug-likeness (QED) is 0.0665. The zero-order valence-corrected chi connectivity index (χ0v) is 35.3. The molecule has 0 amide bonds. The summed E-state index contributed by atoms with van der Waals surface area (Å²) in [5, 5.41) is 10.4. The maximum Gasteiger partial charge on any atom is 0.339 e. The second-order valence-corrected chi connectivity index (χ2v) is 15.3. The van der Waals surface area contributed by atoms with Gasteiger partial charge in [-0.3, -0.25) is 0 Å². The topological polar surface area (TPSA) is 52.6 Å². The van der Waals surface area contributed by atoms with E-state index >= 15 is 0 Å². The second-order valence-electron chi connectivity index (χ2n) is 15.3. The zero-order chi connectivity index (χ0) is 39.1. The fourth-order valence-electron chi connectivity index (χ4n) is 9.54. The van der Waals surface area contributed by atoms with Gasteiger partial charge in [0.15, 0.2) is 0 Å². The van der Waals surface area contributed by atoms with Crippen LogP contribution < -0.4 is 0 Å². The van der Waals surface area contributed by atoms with Crippen molar-refractivity contribution in [2.45, 2.75) is 158 Å². The van der Waals surface area contributed by atoms with E-state index in [1.165, 1.54) is 68.8 Å². The number of esters is 2.